The average Bonchev–Trinajstić information content (AvgIpc) is 1.98. The fraction of sp³-hybridized carbons (Fsp3) is 0.400. The zero-order valence-corrected chi connectivity index (χ0v) is 7.45. The van der Waals surface area contributed by atoms with Crippen molar-refractivity contribution in [2.45, 2.75) is 27.2 Å². The van der Waals surface area contributed by atoms with E-state index in [2.05, 4.69) is 6.58 Å². The Hall–Kier alpha value is -0.850. The topological polar surface area (TPSA) is 0 Å². The molecule has 11 heavy (non-hydrogen) atoms. The molecule has 0 heterocycles. The average molecular weight is 154 g/mol. The summed E-state index contributed by atoms with van der Waals surface area (Å²) in [7, 11) is 0. The normalized spacial score (nSPS) is 14.4. The molecular weight excluding hydrogens is 139 g/mol. The Morgan fingerprint density at radius 2 is 2.00 bits per heavy atom. The van der Waals surface area contributed by atoms with E-state index in [9.17, 15) is 4.39 Å². The van der Waals surface area contributed by atoms with Crippen LogP contribution in [0.5, 0.6) is 0 Å². The lowest BCUT2D eigenvalue weighted by Crippen LogP contribution is -1.84. The first-order valence-electron chi connectivity index (χ1n) is 3.78. The van der Waals surface area contributed by atoms with Gasteiger partial charge in [0.25, 0.3) is 0 Å². The highest BCUT2D eigenvalue weighted by atomic mass is 19.1. The minimum absolute atomic E-state index is 0.111. The Morgan fingerprint density at radius 1 is 1.45 bits per heavy atom. The summed E-state index contributed by atoms with van der Waals surface area (Å²) in [6, 6.07) is 0. The number of halogens is 1. The summed E-state index contributed by atoms with van der Waals surface area (Å²) in [4.78, 5) is 0. The summed E-state index contributed by atoms with van der Waals surface area (Å²) in [6.07, 6.45) is 4.38. The van der Waals surface area contributed by atoms with Crippen LogP contribution in [0, 0.1) is 0 Å². The summed E-state index contributed by atoms with van der Waals surface area (Å²) in [6.45, 7) is 8.83. The van der Waals surface area contributed by atoms with Crippen LogP contribution in [0.3, 0.4) is 0 Å². The largest absolute Gasteiger partial charge is 0.212 e. The second-order valence-electron chi connectivity index (χ2n) is 2.44. The van der Waals surface area contributed by atoms with Crippen molar-refractivity contribution in [3.8, 4) is 0 Å². The first kappa shape index (κ1) is 10.2. The number of hydrogen-bond donors (Lipinski definition) is 0. The van der Waals surface area contributed by atoms with Gasteiger partial charge < -0.3 is 0 Å². The van der Waals surface area contributed by atoms with Crippen molar-refractivity contribution in [1.29, 1.82) is 0 Å². The van der Waals surface area contributed by atoms with Gasteiger partial charge >= 0.3 is 0 Å². The fourth-order valence-corrected chi connectivity index (χ4v) is 0.872. The predicted molar refractivity (Wildman–Crippen MR) is 48.1 cm³/mol. The van der Waals surface area contributed by atoms with Gasteiger partial charge in [0.15, 0.2) is 0 Å². The molecule has 0 rings (SSSR count). The van der Waals surface area contributed by atoms with Gasteiger partial charge in [0, 0.05) is 0 Å². The molecule has 0 saturated heterocycles. The van der Waals surface area contributed by atoms with E-state index < -0.39 is 0 Å². The van der Waals surface area contributed by atoms with Crippen molar-refractivity contribution in [2.75, 3.05) is 0 Å². The maximum atomic E-state index is 12.7. The summed E-state index contributed by atoms with van der Waals surface area (Å²) in [5, 5.41) is 0. The quantitative estimate of drug-likeness (QED) is 0.543. The molecule has 0 atom stereocenters. The second kappa shape index (κ2) is 4.89. The highest BCUT2D eigenvalue weighted by Gasteiger charge is 1.99. The van der Waals surface area contributed by atoms with Crippen LogP contribution in [0.15, 0.2) is 35.7 Å². The molecule has 0 saturated carbocycles. The van der Waals surface area contributed by atoms with Crippen LogP contribution in [0.25, 0.3) is 0 Å². The minimum Gasteiger partial charge on any atom is -0.212 e. The van der Waals surface area contributed by atoms with E-state index in [-0.39, 0.29) is 5.83 Å². The third-order valence-electron chi connectivity index (χ3n) is 1.70. The van der Waals surface area contributed by atoms with Crippen molar-refractivity contribution in [1.82, 2.24) is 0 Å². The van der Waals surface area contributed by atoms with Crippen LogP contribution in [-0.2, 0) is 0 Å². The number of rotatable bonds is 3. The first-order chi connectivity index (χ1) is 5.13. The summed E-state index contributed by atoms with van der Waals surface area (Å²) in [5.41, 5.74) is 1.74. The molecule has 0 fully saturated rings. The summed E-state index contributed by atoms with van der Waals surface area (Å²) >= 11 is 0. The Kier molecular flexibility index (Phi) is 4.51. The van der Waals surface area contributed by atoms with Crippen LogP contribution < -0.4 is 0 Å². The molecule has 0 aliphatic rings. The van der Waals surface area contributed by atoms with E-state index in [0.29, 0.717) is 0 Å². The molecule has 0 aromatic heterocycles. The van der Waals surface area contributed by atoms with Gasteiger partial charge in [-0.1, -0.05) is 25.7 Å². The van der Waals surface area contributed by atoms with E-state index in [1.165, 1.54) is 6.92 Å². The van der Waals surface area contributed by atoms with E-state index in [1.54, 1.807) is 13.0 Å². The van der Waals surface area contributed by atoms with Crippen LogP contribution in [0.2, 0.25) is 0 Å². The van der Waals surface area contributed by atoms with Gasteiger partial charge in [-0.2, -0.15) is 0 Å². The van der Waals surface area contributed by atoms with Crippen molar-refractivity contribution in [3.05, 3.63) is 35.7 Å². The molecule has 0 amide bonds. The molecule has 0 spiro atoms. The maximum Gasteiger partial charge on any atom is 0.1000 e. The molecule has 1 heteroatoms. The van der Waals surface area contributed by atoms with Gasteiger partial charge in [-0.3, -0.25) is 0 Å². The lowest BCUT2D eigenvalue weighted by molar-refractivity contribution is 0.628. The second-order valence-corrected chi connectivity index (χ2v) is 2.44. The third-order valence-corrected chi connectivity index (χ3v) is 1.70. The Balaban J connectivity index is 4.66. The van der Waals surface area contributed by atoms with E-state index >= 15 is 0 Å². The smallest absolute Gasteiger partial charge is 0.1000 e. The standard InChI is InChI=1S/C10H15F/c1-5-7-10(6-2)8(3)9(4)11/h5,7H,1,6H2,2-4H3/b9-8+,10-7-. The summed E-state index contributed by atoms with van der Waals surface area (Å²) in [5.74, 6) is -0.111. The van der Waals surface area contributed by atoms with Gasteiger partial charge in [0.2, 0.25) is 0 Å². The molecule has 0 unspecified atom stereocenters. The Morgan fingerprint density at radius 3 is 2.27 bits per heavy atom. The Labute approximate surface area is 68.1 Å². The lowest BCUT2D eigenvalue weighted by Gasteiger charge is -2.03. The highest BCUT2D eigenvalue weighted by molar-refractivity contribution is 5.32. The van der Waals surface area contributed by atoms with Crippen molar-refractivity contribution in [2.24, 2.45) is 0 Å². The first-order valence-corrected chi connectivity index (χ1v) is 3.78. The molecule has 0 radical (unpaired) electrons. The van der Waals surface area contributed by atoms with E-state index in [1.807, 2.05) is 13.0 Å². The molecule has 62 valence electrons. The third kappa shape index (κ3) is 3.17. The van der Waals surface area contributed by atoms with Crippen LogP contribution in [-0.4, -0.2) is 0 Å². The van der Waals surface area contributed by atoms with Gasteiger partial charge in [-0.25, -0.2) is 4.39 Å². The minimum atomic E-state index is -0.111. The SMILES string of the molecule is C=C/C=C(CC)\C(C)=C(/C)F. The van der Waals surface area contributed by atoms with Crippen LogP contribution in [0.4, 0.5) is 4.39 Å². The number of hydrogen-bond acceptors (Lipinski definition) is 0. The summed E-state index contributed by atoms with van der Waals surface area (Å²) < 4.78 is 12.7. The zero-order chi connectivity index (χ0) is 8.85. The zero-order valence-electron chi connectivity index (χ0n) is 7.45. The lowest BCUT2D eigenvalue weighted by atomic mass is 10.0. The molecule has 0 nitrogen and oxygen atoms in total. The number of allylic oxidation sites excluding steroid dienone is 5. The Bertz CT molecular complexity index is 193. The van der Waals surface area contributed by atoms with E-state index in [4.69, 9.17) is 0 Å². The highest BCUT2D eigenvalue weighted by Crippen LogP contribution is 2.17. The molecular formula is C10H15F. The van der Waals surface area contributed by atoms with E-state index in [0.717, 1.165) is 17.6 Å². The fourth-order valence-electron chi connectivity index (χ4n) is 0.872. The van der Waals surface area contributed by atoms with Gasteiger partial charge in [-0.15, -0.1) is 0 Å². The van der Waals surface area contributed by atoms with Gasteiger partial charge in [0.05, 0.1) is 5.83 Å². The van der Waals surface area contributed by atoms with Crippen molar-refractivity contribution in [3.63, 3.8) is 0 Å². The van der Waals surface area contributed by atoms with Crippen LogP contribution in [0.1, 0.15) is 27.2 Å². The predicted octanol–water partition coefficient (Wildman–Crippen LogP) is 3.77. The monoisotopic (exact) mass is 154 g/mol. The molecule has 0 bridgehead atoms. The van der Waals surface area contributed by atoms with Crippen molar-refractivity contribution < 1.29 is 4.39 Å². The van der Waals surface area contributed by atoms with Gasteiger partial charge in [-0.05, 0) is 31.4 Å². The maximum absolute atomic E-state index is 12.7. The van der Waals surface area contributed by atoms with Crippen molar-refractivity contribution >= 4 is 0 Å². The molecule has 0 aromatic rings. The van der Waals surface area contributed by atoms with Crippen LogP contribution >= 0.6 is 0 Å². The molecule has 0 aliphatic carbocycles. The molecule has 0 aliphatic heterocycles. The molecule has 0 aromatic carbocycles. The van der Waals surface area contributed by atoms with Gasteiger partial charge in [0.1, 0.15) is 0 Å². The molecule has 0 N–H and O–H groups in total.